The number of nitrogens with one attached hydrogen (secondary N) is 1. The Balaban J connectivity index is 1.54. The quantitative estimate of drug-likeness (QED) is 0.906. The molecule has 4 saturated heterocycles. The first-order valence-electron chi connectivity index (χ1n) is 9.86. The number of aromatic amines is 1. The lowest BCUT2D eigenvalue weighted by molar-refractivity contribution is -0.00359. The van der Waals surface area contributed by atoms with E-state index in [1.54, 1.807) is 13.4 Å². The van der Waals surface area contributed by atoms with Gasteiger partial charge >= 0.3 is 0 Å². The highest BCUT2D eigenvalue weighted by Crippen LogP contribution is 2.47. The van der Waals surface area contributed by atoms with Crippen LogP contribution in [0.3, 0.4) is 0 Å². The highest BCUT2D eigenvalue weighted by molar-refractivity contribution is 5.94. The molecule has 3 atom stereocenters. The predicted molar refractivity (Wildman–Crippen MR) is 102 cm³/mol. The van der Waals surface area contributed by atoms with Crippen LogP contribution in [0.5, 0.6) is 5.75 Å². The van der Waals surface area contributed by atoms with Crippen molar-refractivity contribution < 1.29 is 9.53 Å². The topological polar surface area (TPSA) is 61.5 Å². The van der Waals surface area contributed by atoms with Crippen molar-refractivity contribution in [3.05, 3.63) is 47.5 Å². The summed E-state index contributed by atoms with van der Waals surface area (Å²) < 4.78 is 5.45. The Hall–Kier alpha value is -2.34. The lowest BCUT2D eigenvalue weighted by atomic mass is 9.75. The molecule has 2 bridgehead atoms. The molecule has 0 radical (unpaired) electrons. The van der Waals surface area contributed by atoms with E-state index in [1.165, 1.54) is 18.4 Å². The minimum Gasteiger partial charge on any atom is -0.497 e. The SMILES string of the molecule is COc1cccc([C@H]2CN(C(=O)c3nc[nH]c3C)[C@H]3C4CCN(CC4)[C@@H]23)c1. The van der Waals surface area contributed by atoms with Gasteiger partial charge in [0.2, 0.25) is 0 Å². The van der Waals surface area contributed by atoms with Gasteiger partial charge in [0.25, 0.3) is 5.91 Å². The van der Waals surface area contributed by atoms with Gasteiger partial charge in [-0.3, -0.25) is 9.69 Å². The van der Waals surface area contributed by atoms with Crippen LogP contribution in [-0.2, 0) is 0 Å². The van der Waals surface area contributed by atoms with E-state index in [4.69, 9.17) is 4.74 Å². The standard InChI is InChI=1S/C21H26N4O2/c1-13-18(23-12-22-13)21(26)25-11-17(15-4-3-5-16(10-15)27-2)20-19(25)14-6-8-24(20)9-7-14/h3-5,10,12,14,17,19-20H,6-9,11H2,1-2H3,(H,22,23)/t17-,19+,20+/m1/s1. The van der Waals surface area contributed by atoms with Gasteiger partial charge in [0.1, 0.15) is 11.4 Å². The minimum atomic E-state index is 0.0721. The number of carbonyl (C=O) groups excluding carboxylic acids is 1. The number of methoxy groups -OCH3 is 1. The molecule has 1 amide bonds. The number of hydrogen-bond donors (Lipinski definition) is 1. The van der Waals surface area contributed by atoms with E-state index in [0.717, 1.165) is 31.1 Å². The molecule has 0 spiro atoms. The molecule has 4 fully saturated rings. The molecule has 4 aliphatic rings. The number of nitrogens with zero attached hydrogens (tertiary/aromatic N) is 3. The summed E-state index contributed by atoms with van der Waals surface area (Å²) in [6.45, 7) is 4.97. The average molecular weight is 366 g/mol. The molecule has 0 aliphatic carbocycles. The van der Waals surface area contributed by atoms with Gasteiger partial charge in [-0.2, -0.15) is 0 Å². The maximum absolute atomic E-state index is 13.4. The van der Waals surface area contributed by atoms with Gasteiger partial charge in [0, 0.05) is 24.2 Å². The molecule has 6 rings (SSSR count). The van der Waals surface area contributed by atoms with Crippen LogP contribution in [0.2, 0.25) is 0 Å². The van der Waals surface area contributed by atoms with Crippen molar-refractivity contribution in [2.45, 2.75) is 37.8 Å². The van der Waals surface area contributed by atoms with Crippen molar-refractivity contribution in [2.75, 3.05) is 26.7 Å². The molecule has 142 valence electrons. The minimum absolute atomic E-state index is 0.0721. The molecule has 2 aromatic rings. The van der Waals surface area contributed by atoms with E-state index < -0.39 is 0 Å². The van der Waals surface area contributed by atoms with Crippen LogP contribution in [0.4, 0.5) is 0 Å². The molecule has 0 saturated carbocycles. The summed E-state index contributed by atoms with van der Waals surface area (Å²) in [4.78, 5) is 25.4. The van der Waals surface area contributed by atoms with Gasteiger partial charge in [-0.1, -0.05) is 12.1 Å². The van der Waals surface area contributed by atoms with Gasteiger partial charge in [-0.05, 0) is 56.5 Å². The van der Waals surface area contributed by atoms with Crippen molar-refractivity contribution >= 4 is 5.91 Å². The molecule has 0 unspecified atom stereocenters. The van der Waals surface area contributed by atoms with E-state index in [0.29, 0.717) is 23.6 Å². The first-order chi connectivity index (χ1) is 13.2. The first-order valence-corrected chi connectivity index (χ1v) is 9.86. The van der Waals surface area contributed by atoms with Gasteiger partial charge in [-0.15, -0.1) is 0 Å². The predicted octanol–water partition coefficient (Wildman–Crippen LogP) is 2.43. The number of hydrogen-bond acceptors (Lipinski definition) is 4. The Kier molecular flexibility index (Phi) is 3.97. The number of ether oxygens (including phenoxy) is 1. The Morgan fingerprint density at radius 2 is 2.07 bits per heavy atom. The normalized spacial score (nSPS) is 31.8. The van der Waals surface area contributed by atoms with Crippen LogP contribution in [0.15, 0.2) is 30.6 Å². The number of benzene rings is 1. The molecule has 1 N–H and O–H groups in total. The number of imidazole rings is 1. The van der Waals surface area contributed by atoms with Crippen LogP contribution in [0, 0.1) is 12.8 Å². The molecule has 1 aromatic carbocycles. The smallest absolute Gasteiger partial charge is 0.274 e. The van der Waals surface area contributed by atoms with E-state index in [-0.39, 0.29) is 11.9 Å². The molecular formula is C21H26N4O2. The van der Waals surface area contributed by atoms with Crippen LogP contribution in [-0.4, -0.2) is 64.5 Å². The van der Waals surface area contributed by atoms with E-state index in [2.05, 4.69) is 38.0 Å². The van der Waals surface area contributed by atoms with Gasteiger partial charge in [0.15, 0.2) is 0 Å². The number of aryl methyl sites for hydroxylation is 1. The number of aromatic nitrogens is 2. The first kappa shape index (κ1) is 16.8. The number of rotatable bonds is 3. The third-order valence-corrected chi connectivity index (χ3v) is 6.81. The number of carbonyl (C=O) groups is 1. The molecule has 6 nitrogen and oxygen atoms in total. The zero-order chi connectivity index (χ0) is 18.5. The maximum atomic E-state index is 13.4. The van der Waals surface area contributed by atoms with Gasteiger partial charge in [-0.25, -0.2) is 4.98 Å². The van der Waals surface area contributed by atoms with Crippen molar-refractivity contribution in [1.82, 2.24) is 19.8 Å². The monoisotopic (exact) mass is 366 g/mol. The zero-order valence-corrected chi connectivity index (χ0v) is 15.9. The Morgan fingerprint density at radius 3 is 2.78 bits per heavy atom. The van der Waals surface area contributed by atoms with E-state index in [9.17, 15) is 4.79 Å². The zero-order valence-electron chi connectivity index (χ0n) is 15.9. The van der Waals surface area contributed by atoms with Crippen LogP contribution >= 0.6 is 0 Å². The van der Waals surface area contributed by atoms with Gasteiger partial charge in [0.05, 0.1) is 19.5 Å². The molecular weight excluding hydrogens is 340 g/mol. The number of amides is 1. The molecule has 6 heteroatoms. The van der Waals surface area contributed by atoms with E-state index >= 15 is 0 Å². The molecule has 27 heavy (non-hydrogen) atoms. The average Bonchev–Trinajstić information content (AvgIpc) is 3.33. The molecule has 5 heterocycles. The Labute approximate surface area is 159 Å². The molecule has 4 aliphatic heterocycles. The van der Waals surface area contributed by atoms with Crippen molar-refractivity contribution in [2.24, 2.45) is 5.92 Å². The second-order valence-corrected chi connectivity index (χ2v) is 8.07. The summed E-state index contributed by atoms with van der Waals surface area (Å²) in [5.41, 5.74) is 2.69. The number of fused-ring (bicyclic) bond motifs is 2. The second-order valence-electron chi connectivity index (χ2n) is 8.07. The highest BCUT2D eigenvalue weighted by atomic mass is 16.5. The Bertz CT molecular complexity index is 855. The Morgan fingerprint density at radius 1 is 1.26 bits per heavy atom. The third kappa shape index (κ3) is 2.57. The third-order valence-electron chi connectivity index (χ3n) is 6.81. The maximum Gasteiger partial charge on any atom is 0.274 e. The summed E-state index contributed by atoms with van der Waals surface area (Å²) in [5.74, 6) is 1.87. The van der Waals surface area contributed by atoms with Crippen molar-refractivity contribution in [3.63, 3.8) is 0 Å². The van der Waals surface area contributed by atoms with Crippen LogP contribution < -0.4 is 4.74 Å². The van der Waals surface area contributed by atoms with Crippen molar-refractivity contribution in [3.8, 4) is 5.75 Å². The fourth-order valence-electron chi connectivity index (χ4n) is 5.53. The highest BCUT2D eigenvalue weighted by Gasteiger charge is 2.55. The van der Waals surface area contributed by atoms with Crippen molar-refractivity contribution in [1.29, 1.82) is 0 Å². The fraction of sp³-hybridized carbons (Fsp3) is 0.524. The number of piperidine rings is 3. The molecule has 1 aromatic heterocycles. The van der Waals surface area contributed by atoms with Crippen LogP contribution in [0.1, 0.15) is 40.5 Å². The summed E-state index contributed by atoms with van der Waals surface area (Å²) in [6, 6.07) is 9.04. The lowest BCUT2D eigenvalue weighted by Gasteiger charge is -2.51. The summed E-state index contributed by atoms with van der Waals surface area (Å²) in [5, 5.41) is 0. The number of H-pyrrole nitrogens is 1. The number of likely N-dealkylation sites (tertiary alicyclic amines) is 1. The van der Waals surface area contributed by atoms with Crippen LogP contribution in [0.25, 0.3) is 0 Å². The largest absolute Gasteiger partial charge is 0.497 e. The second kappa shape index (κ2) is 6.37. The van der Waals surface area contributed by atoms with E-state index in [1.807, 2.05) is 13.0 Å². The summed E-state index contributed by atoms with van der Waals surface area (Å²) in [6.07, 6.45) is 4.00. The van der Waals surface area contributed by atoms with Gasteiger partial charge < -0.3 is 14.6 Å². The summed E-state index contributed by atoms with van der Waals surface area (Å²) >= 11 is 0. The lowest BCUT2D eigenvalue weighted by Crippen LogP contribution is -2.60. The fourth-order valence-corrected chi connectivity index (χ4v) is 5.53. The summed E-state index contributed by atoms with van der Waals surface area (Å²) in [7, 11) is 1.71.